The van der Waals surface area contributed by atoms with Gasteiger partial charge < -0.3 is 19.5 Å². The Morgan fingerprint density at radius 2 is 2.06 bits per heavy atom. The van der Waals surface area contributed by atoms with E-state index in [1.54, 1.807) is 0 Å². The second-order valence-electron chi connectivity index (χ2n) is 4.28. The van der Waals surface area contributed by atoms with Crippen LogP contribution < -0.4 is 0 Å². The number of aliphatic hydroxyl groups is 1. The molecule has 0 aromatic carbocycles. The SMILES string of the molecule is CCOCC[C@@H](O)CN(C)C[C@@H](C)C(=O)OC. The van der Waals surface area contributed by atoms with E-state index in [1.807, 2.05) is 25.8 Å². The molecule has 0 radical (unpaired) electrons. The van der Waals surface area contributed by atoms with Crippen molar-refractivity contribution < 1.29 is 19.4 Å². The lowest BCUT2D eigenvalue weighted by molar-refractivity contribution is -0.145. The molecule has 0 amide bonds. The summed E-state index contributed by atoms with van der Waals surface area (Å²) in [5.74, 6) is -0.398. The number of ether oxygens (including phenoxy) is 2. The fourth-order valence-electron chi connectivity index (χ4n) is 1.63. The maximum Gasteiger partial charge on any atom is 0.309 e. The first kappa shape index (κ1) is 16.4. The van der Waals surface area contributed by atoms with Gasteiger partial charge in [0.05, 0.1) is 19.1 Å². The number of rotatable bonds is 9. The van der Waals surface area contributed by atoms with E-state index in [2.05, 4.69) is 4.74 Å². The van der Waals surface area contributed by atoms with Gasteiger partial charge in [-0.15, -0.1) is 0 Å². The minimum Gasteiger partial charge on any atom is -0.469 e. The number of carbonyl (C=O) groups excluding carboxylic acids is 1. The standard InChI is InChI=1S/C12H25NO4/c1-5-17-7-6-11(14)9-13(3)8-10(2)12(15)16-4/h10-11,14H,5-9H2,1-4H3/t10-,11-/m1/s1. The molecule has 0 fully saturated rings. The molecule has 0 saturated carbocycles. The first-order valence-corrected chi connectivity index (χ1v) is 6.03. The topological polar surface area (TPSA) is 59.0 Å². The van der Waals surface area contributed by atoms with Crippen LogP contribution in [0.15, 0.2) is 0 Å². The third-order valence-electron chi connectivity index (χ3n) is 2.51. The molecule has 2 atom stereocenters. The van der Waals surface area contributed by atoms with Crippen LogP contribution in [0.25, 0.3) is 0 Å². The molecule has 0 aliphatic rings. The van der Waals surface area contributed by atoms with Crippen LogP contribution in [0.4, 0.5) is 0 Å². The van der Waals surface area contributed by atoms with Crippen molar-refractivity contribution in [2.75, 3.05) is 40.5 Å². The lowest BCUT2D eigenvalue weighted by atomic mass is 10.1. The van der Waals surface area contributed by atoms with Crippen molar-refractivity contribution in [3.05, 3.63) is 0 Å². The molecule has 102 valence electrons. The summed E-state index contributed by atoms with van der Waals surface area (Å²) >= 11 is 0. The summed E-state index contributed by atoms with van der Waals surface area (Å²) in [4.78, 5) is 13.1. The Hall–Kier alpha value is -0.650. The van der Waals surface area contributed by atoms with E-state index in [9.17, 15) is 9.90 Å². The average molecular weight is 247 g/mol. The highest BCUT2D eigenvalue weighted by Crippen LogP contribution is 2.03. The van der Waals surface area contributed by atoms with Crippen LogP contribution in [0.2, 0.25) is 0 Å². The molecule has 5 heteroatoms. The van der Waals surface area contributed by atoms with E-state index in [1.165, 1.54) is 7.11 Å². The zero-order chi connectivity index (χ0) is 13.3. The van der Waals surface area contributed by atoms with Gasteiger partial charge in [0, 0.05) is 26.3 Å². The van der Waals surface area contributed by atoms with Gasteiger partial charge in [0.15, 0.2) is 0 Å². The van der Waals surface area contributed by atoms with Crippen molar-refractivity contribution in [1.82, 2.24) is 4.90 Å². The number of likely N-dealkylation sites (N-methyl/N-ethyl adjacent to an activating group) is 1. The van der Waals surface area contributed by atoms with Crippen LogP contribution >= 0.6 is 0 Å². The molecule has 5 nitrogen and oxygen atoms in total. The maximum atomic E-state index is 11.2. The number of nitrogens with zero attached hydrogens (tertiary/aromatic N) is 1. The average Bonchev–Trinajstić information content (AvgIpc) is 2.27. The molecule has 17 heavy (non-hydrogen) atoms. The molecule has 0 heterocycles. The predicted octanol–water partition coefficient (Wildman–Crippen LogP) is 0.515. The maximum absolute atomic E-state index is 11.2. The molecule has 1 N–H and O–H groups in total. The molecule has 0 aromatic heterocycles. The summed E-state index contributed by atoms with van der Waals surface area (Å²) in [6.45, 7) is 6.10. The molecule has 0 bridgehead atoms. The fourth-order valence-corrected chi connectivity index (χ4v) is 1.63. The molecule has 0 unspecified atom stereocenters. The summed E-state index contributed by atoms with van der Waals surface area (Å²) < 4.78 is 9.82. The second kappa shape index (κ2) is 9.39. The van der Waals surface area contributed by atoms with Crippen molar-refractivity contribution >= 4 is 5.97 Å². The Morgan fingerprint density at radius 1 is 1.41 bits per heavy atom. The number of aliphatic hydroxyl groups excluding tert-OH is 1. The monoisotopic (exact) mass is 247 g/mol. The van der Waals surface area contributed by atoms with Crippen molar-refractivity contribution in [3.8, 4) is 0 Å². The summed E-state index contributed by atoms with van der Waals surface area (Å²) in [7, 11) is 3.26. The molecule has 0 aromatic rings. The highest BCUT2D eigenvalue weighted by atomic mass is 16.5. The van der Waals surface area contributed by atoms with Crippen LogP contribution in [0.1, 0.15) is 20.3 Å². The number of esters is 1. The van der Waals surface area contributed by atoms with Crippen LogP contribution in [-0.2, 0) is 14.3 Å². The Morgan fingerprint density at radius 3 is 2.59 bits per heavy atom. The van der Waals surface area contributed by atoms with Gasteiger partial charge in [-0.3, -0.25) is 4.79 Å². The van der Waals surface area contributed by atoms with Gasteiger partial charge in [0.25, 0.3) is 0 Å². The molecule has 0 spiro atoms. The van der Waals surface area contributed by atoms with E-state index >= 15 is 0 Å². The minimum atomic E-state index is -0.420. The first-order chi connectivity index (χ1) is 8.01. The van der Waals surface area contributed by atoms with Gasteiger partial charge >= 0.3 is 5.97 Å². The van der Waals surface area contributed by atoms with E-state index in [4.69, 9.17) is 4.74 Å². The molecule has 0 rings (SSSR count). The van der Waals surface area contributed by atoms with E-state index in [0.717, 1.165) is 0 Å². The largest absolute Gasteiger partial charge is 0.469 e. The van der Waals surface area contributed by atoms with Gasteiger partial charge in [0.2, 0.25) is 0 Å². The van der Waals surface area contributed by atoms with E-state index in [0.29, 0.717) is 32.7 Å². The molecule has 0 aliphatic carbocycles. The van der Waals surface area contributed by atoms with Gasteiger partial charge in [-0.25, -0.2) is 0 Å². The van der Waals surface area contributed by atoms with Gasteiger partial charge in [0.1, 0.15) is 0 Å². The van der Waals surface area contributed by atoms with Crippen molar-refractivity contribution in [2.24, 2.45) is 5.92 Å². The number of hydrogen-bond donors (Lipinski definition) is 1. The lowest BCUT2D eigenvalue weighted by Crippen LogP contribution is -2.35. The highest BCUT2D eigenvalue weighted by Gasteiger charge is 2.17. The number of methoxy groups -OCH3 is 1. The third-order valence-corrected chi connectivity index (χ3v) is 2.51. The summed E-state index contributed by atoms with van der Waals surface area (Å²) in [6.07, 6.45) is 0.196. The van der Waals surface area contributed by atoms with E-state index < -0.39 is 6.10 Å². The van der Waals surface area contributed by atoms with Crippen molar-refractivity contribution in [3.63, 3.8) is 0 Å². The van der Waals surface area contributed by atoms with Gasteiger partial charge in [-0.2, -0.15) is 0 Å². The Kier molecular flexibility index (Phi) is 9.03. The van der Waals surface area contributed by atoms with E-state index in [-0.39, 0.29) is 11.9 Å². The van der Waals surface area contributed by atoms with Crippen LogP contribution in [-0.4, -0.2) is 62.5 Å². The zero-order valence-corrected chi connectivity index (χ0v) is 11.3. The molecular formula is C12H25NO4. The Labute approximate surface area is 104 Å². The van der Waals surface area contributed by atoms with Crippen LogP contribution in [0.3, 0.4) is 0 Å². The second-order valence-corrected chi connectivity index (χ2v) is 4.28. The lowest BCUT2D eigenvalue weighted by Gasteiger charge is -2.22. The number of carbonyl (C=O) groups is 1. The van der Waals surface area contributed by atoms with Gasteiger partial charge in [-0.05, 0) is 20.4 Å². The minimum absolute atomic E-state index is 0.177. The smallest absolute Gasteiger partial charge is 0.309 e. The van der Waals surface area contributed by atoms with Crippen molar-refractivity contribution in [1.29, 1.82) is 0 Å². The normalized spacial score (nSPS) is 14.7. The fraction of sp³-hybridized carbons (Fsp3) is 0.917. The summed E-state index contributed by atoms with van der Waals surface area (Å²) in [5, 5.41) is 9.72. The van der Waals surface area contributed by atoms with Crippen LogP contribution in [0.5, 0.6) is 0 Å². The molecule has 0 aliphatic heterocycles. The predicted molar refractivity (Wildman–Crippen MR) is 65.8 cm³/mol. The number of hydrogen-bond acceptors (Lipinski definition) is 5. The Bertz CT molecular complexity index is 211. The first-order valence-electron chi connectivity index (χ1n) is 6.03. The Balaban J connectivity index is 3.76. The molecule has 0 saturated heterocycles. The zero-order valence-electron chi connectivity index (χ0n) is 11.3. The summed E-state index contributed by atoms with van der Waals surface area (Å²) in [5.41, 5.74) is 0. The third kappa shape index (κ3) is 8.12. The highest BCUT2D eigenvalue weighted by molar-refractivity contribution is 5.71. The molecular weight excluding hydrogens is 222 g/mol. The van der Waals surface area contributed by atoms with Crippen LogP contribution in [0, 0.1) is 5.92 Å². The van der Waals surface area contributed by atoms with Crippen molar-refractivity contribution in [2.45, 2.75) is 26.4 Å². The quantitative estimate of drug-likeness (QED) is 0.475. The van der Waals surface area contributed by atoms with Gasteiger partial charge in [-0.1, -0.05) is 6.92 Å². The summed E-state index contributed by atoms with van der Waals surface area (Å²) in [6, 6.07) is 0.